The zero-order valence-electron chi connectivity index (χ0n) is 10.8. The number of aliphatic hydroxyl groups is 1. The maximum atomic E-state index is 9.04. The van der Waals surface area contributed by atoms with Crippen LogP contribution in [0.2, 0.25) is 0 Å². The van der Waals surface area contributed by atoms with E-state index in [-0.39, 0.29) is 0 Å². The molecule has 0 aromatic rings. The van der Waals surface area contributed by atoms with Crippen LogP contribution in [-0.4, -0.2) is 36.2 Å². The maximum absolute atomic E-state index is 9.04. The summed E-state index contributed by atoms with van der Waals surface area (Å²) in [7, 11) is 0. The summed E-state index contributed by atoms with van der Waals surface area (Å²) in [5.41, 5.74) is 0. The van der Waals surface area contributed by atoms with Gasteiger partial charge in [-0.25, -0.2) is 0 Å². The van der Waals surface area contributed by atoms with Gasteiger partial charge in [0.2, 0.25) is 0 Å². The summed E-state index contributed by atoms with van der Waals surface area (Å²) in [5, 5.41) is 9.04. The molecule has 2 nitrogen and oxygen atoms in total. The van der Waals surface area contributed by atoms with E-state index >= 15 is 0 Å². The maximum Gasteiger partial charge on any atom is 0.0459 e. The van der Waals surface area contributed by atoms with Crippen LogP contribution in [0.3, 0.4) is 0 Å². The van der Waals surface area contributed by atoms with Crippen molar-refractivity contribution in [2.24, 2.45) is 5.92 Å². The minimum atomic E-state index is 0.368. The van der Waals surface area contributed by atoms with Crippen molar-refractivity contribution >= 4 is 0 Å². The Bertz CT molecular complexity index is 106. The SMILES string of the molecule is CCC(CO)CCCCCN(CC)CC. The van der Waals surface area contributed by atoms with Crippen LogP contribution in [0.5, 0.6) is 0 Å². The first kappa shape index (κ1) is 14.9. The van der Waals surface area contributed by atoms with E-state index in [4.69, 9.17) is 5.11 Å². The smallest absolute Gasteiger partial charge is 0.0459 e. The Kier molecular flexibility index (Phi) is 10.4. The van der Waals surface area contributed by atoms with Gasteiger partial charge in [0.15, 0.2) is 0 Å². The Morgan fingerprint density at radius 2 is 1.67 bits per heavy atom. The standard InChI is InChI=1S/C13H29NO/c1-4-13(12-15)10-8-7-9-11-14(5-2)6-3/h13,15H,4-12H2,1-3H3. The fourth-order valence-corrected chi connectivity index (χ4v) is 1.91. The summed E-state index contributed by atoms with van der Waals surface area (Å²) in [6.07, 6.45) is 6.22. The molecule has 1 atom stereocenters. The van der Waals surface area contributed by atoms with Crippen LogP contribution in [0.4, 0.5) is 0 Å². The van der Waals surface area contributed by atoms with Gasteiger partial charge in [-0.05, 0) is 38.4 Å². The number of hydrogen-bond acceptors (Lipinski definition) is 2. The fourth-order valence-electron chi connectivity index (χ4n) is 1.91. The minimum Gasteiger partial charge on any atom is -0.396 e. The molecule has 0 aliphatic heterocycles. The predicted octanol–water partition coefficient (Wildman–Crippen LogP) is 2.91. The number of unbranched alkanes of at least 4 members (excludes halogenated alkanes) is 2. The van der Waals surface area contributed by atoms with Gasteiger partial charge in [0.1, 0.15) is 0 Å². The highest BCUT2D eigenvalue weighted by molar-refractivity contribution is 4.57. The predicted molar refractivity (Wildman–Crippen MR) is 67.1 cm³/mol. The van der Waals surface area contributed by atoms with Crippen molar-refractivity contribution in [2.75, 3.05) is 26.2 Å². The number of hydrogen-bond donors (Lipinski definition) is 1. The molecule has 0 heterocycles. The average molecular weight is 215 g/mol. The van der Waals surface area contributed by atoms with Crippen LogP contribution >= 0.6 is 0 Å². The van der Waals surface area contributed by atoms with Gasteiger partial charge in [-0.1, -0.05) is 40.0 Å². The summed E-state index contributed by atoms with van der Waals surface area (Å²) in [6.45, 7) is 10.6. The van der Waals surface area contributed by atoms with Crippen LogP contribution in [0.25, 0.3) is 0 Å². The van der Waals surface area contributed by atoms with Gasteiger partial charge in [-0.15, -0.1) is 0 Å². The number of aliphatic hydroxyl groups excluding tert-OH is 1. The first-order valence-electron chi connectivity index (χ1n) is 6.61. The van der Waals surface area contributed by atoms with E-state index in [0.717, 1.165) is 6.42 Å². The second-order valence-electron chi connectivity index (χ2n) is 4.33. The van der Waals surface area contributed by atoms with Crippen molar-refractivity contribution in [1.29, 1.82) is 0 Å². The van der Waals surface area contributed by atoms with E-state index in [1.54, 1.807) is 0 Å². The van der Waals surface area contributed by atoms with Gasteiger partial charge in [0, 0.05) is 6.61 Å². The molecule has 0 rings (SSSR count). The molecule has 0 aromatic heterocycles. The minimum absolute atomic E-state index is 0.368. The van der Waals surface area contributed by atoms with Crippen LogP contribution in [-0.2, 0) is 0 Å². The van der Waals surface area contributed by atoms with E-state index in [9.17, 15) is 0 Å². The first-order chi connectivity index (χ1) is 7.28. The van der Waals surface area contributed by atoms with E-state index in [1.165, 1.54) is 45.3 Å². The second-order valence-corrected chi connectivity index (χ2v) is 4.33. The van der Waals surface area contributed by atoms with E-state index in [1.807, 2.05) is 0 Å². The lowest BCUT2D eigenvalue weighted by Gasteiger charge is -2.17. The molecule has 2 heteroatoms. The third kappa shape index (κ3) is 7.80. The molecule has 0 fully saturated rings. The molecule has 92 valence electrons. The number of nitrogens with zero attached hydrogens (tertiary/aromatic N) is 1. The summed E-state index contributed by atoms with van der Waals surface area (Å²) in [4.78, 5) is 2.48. The van der Waals surface area contributed by atoms with E-state index in [0.29, 0.717) is 12.5 Å². The molecular formula is C13H29NO. The van der Waals surface area contributed by atoms with E-state index < -0.39 is 0 Å². The van der Waals surface area contributed by atoms with E-state index in [2.05, 4.69) is 25.7 Å². The topological polar surface area (TPSA) is 23.5 Å². The second kappa shape index (κ2) is 10.4. The molecule has 1 N–H and O–H groups in total. The van der Waals surface area contributed by atoms with Crippen LogP contribution in [0.1, 0.15) is 52.9 Å². The summed E-state index contributed by atoms with van der Waals surface area (Å²) < 4.78 is 0. The lowest BCUT2D eigenvalue weighted by Crippen LogP contribution is -2.23. The Morgan fingerprint density at radius 3 is 2.13 bits per heavy atom. The molecular weight excluding hydrogens is 186 g/mol. The normalized spacial score (nSPS) is 13.4. The van der Waals surface area contributed by atoms with Gasteiger partial charge in [-0.2, -0.15) is 0 Å². The molecule has 0 spiro atoms. The molecule has 0 radical (unpaired) electrons. The molecule has 0 aliphatic carbocycles. The lowest BCUT2D eigenvalue weighted by atomic mass is 9.99. The van der Waals surface area contributed by atoms with Crippen LogP contribution < -0.4 is 0 Å². The van der Waals surface area contributed by atoms with Crippen molar-refractivity contribution < 1.29 is 5.11 Å². The zero-order valence-corrected chi connectivity index (χ0v) is 10.8. The Labute approximate surface area is 95.7 Å². The molecule has 0 aromatic carbocycles. The van der Waals surface area contributed by atoms with Gasteiger partial charge in [0.25, 0.3) is 0 Å². The molecule has 1 unspecified atom stereocenters. The van der Waals surface area contributed by atoms with Crippen molar-refractivity contribution in [1.82, 2.24) is 4.90 Å². The molecule has 0 amide bonds. The highest BCUT2D eigenvalue weighted by Crippen LogP contribution is 2.12. The lowest BCUT2D eigenvalue weighted by molar-refractivity contribution is 0.210. The summed E-state index contributed by atoms with van der Waals surface area (Å²) in [5.74, 6) is 0.540. The van der Waals surface area contributed by atoms with Gasteiger partial charge in [-0.3, -0.25) is 0 Å². The van der Waals surface area contributed by atoms with Crippen molar-refractivity contribution in [3.63, 3.8) is 0 Å². The molecule has 0 bridgehead atoms. The molecule has 0 saturated heterocycles. The summed E-state index contributed by atoms with van der Waals surface area (Å²) in [6, 6.07) is 0. The molecule has 15 heavy (non-hydrogen) atoms. The van der Waals surface area contributed by atoms with Gasteiger partial charge >= 0.3 is 0 Å². The summed E-state index contributed by atoms with van der Waals surface area (Å²) >= 11 is 0. The third-order valence-electron chi connectivity index (χ3n) is 3.32. The highest BCUT2D eigenvalue weighted by atomic mass is 16.3. The third-order valence-corrected chi connectivity index (χ3v) is 3.32. The first-order valence-corrected chi connectivity index (χ1v) is 6.61. The highest BCUT2D eigenvalue weighted by Gasteiger charge is 2.04. The van der Waals surface area contributed by atoms with Crippen LogP contribution in [0.15, 0.2) is 0 Å². The number of rotatable bonds is 10. The quantitative estimate of drug-likeness (QED) is 0.566. The Balaban J connectivity index is 3.30. The Hall–Kier alpha value is -0.0800. The van der Waals surface area contributed by atoms with Crippen molar-refractivity contribution in [3.8, 4) is 0 Å². The monoisotopic (exact) mass is 215 g/mol. The molecule has 0 aliphatic rings. The fraction of sp³-hybridized carbons (Fsp3) is 1.00. The average Bonchev–Trinajstić information content (AvgIpc) is 2.29. The zero-order chi connectivity index (χ0) is 11.5. The molecule has 0 saturated carbocycles. The van der Waals surface area contributed by atoms with Crippen LogP contribution in [0, 0.1) is 5.92 Å². The van der Waals surface area contributed by atoms with Crippen molar-refractivity contribution in [3.05, 3.63) is 0 Å². The Morgan fingerprint density at radius 1 is 1.00 bits per heavy atom. The van der Waals surface area contributed by atoms with Crippen molar-refractivity contribution in [2.45, 2.75) is 52.9 Å². The largest absolute Gasteiger partial charge is 0.396 e. The van der Waals surface area contributed by atoms with Gasteiger partial charge < -0.3 is 10.0 Å². The van der Waals surface area contributed by atoms with Gasteiger partial charge in [0.05, 0.1) is 0 Å².